The number of rotatable bonds is 5. The van der Waals surface area contributed by atoms with Gasteiger partial charge in [0.2, 0.25) is 0 Å². The maximum absolute atomic E-state index is 13.5. The quantitative estimate of drug-likeness (QED) is 0.204. The number of aromatic nitrogens is 1. The van der Waals surface area contributed by atoms with E-state index < -0.39 is 17.7 Å². The summed E-state index contributed by atoms with van der Waals surface area (Å²) in [4.78, 5) is 33.1. The molecule has 0 spiro atoms. The van der Waals surface area contributed by atoms with Crippen molar-refractivity contribution in [1.29, 1.82) is 0 Å². The zero-order chi connectivity index (χ0) is 25.6. The van der Waals surface area contributed by atoms with E-state index in [1.807, 2.05) is 56.3 Å². The van der Waals surface area contributed by atoms with Crippen LogP contribution in [0.5, 0.6) is 5.75 Å². The molecule has 0 radical (unpaired) electrons. The molecule has 1 N–H and O–H groups in total. The number of ketones is 1. The van der Waals surface area contributed by atoms with Crippen LogP contribution in [0, 0.1) is 13.8 Å². The Morgan fingerprint density at radius 3 is 2.56 bits per heavy atom. The number of aliphatic hydroxyl groups excluding tert-OH is 1. The molecule has 1 saturated heterocycles. The van der Waals surface area contributed by atoms with E-state index in [-0.39, 0.29) is 11.3 Å². The lowest BCUT2D eigenvalue weighted by atomic mass is 9.94. The van der Waals surface area contributed by atoms with Crippen molar-refractivity contribution in [2.45, 2.75) is 33.2 Å². The first-order valence-corrected chi connectivity index (χ1v) is 12.6. The highest BCUT2D eigenvalue weighted by Crippen LogP contribution is 2.45. The summed E-state index contributed by atoms with van der Waals surface area (Å²) in [6, 6.07) is 18.1. The fourth-order valence-electron chi connectivity index (χ4n) is 4.62. The molecule has 7 heteroatoms. The van der Waals surface area contributed by atoms with Crippen LogP contribution in [-0.4, -0.2) is 28.9 Å². The largest absolute Gasteiger partial charge is 0.507 e. The summed E-state index contributed by atoms with van der Waals surface area (Å²) >= 11 is 1.36. The Morgan fingerprint density at radius 1 is 1.06 bits per heavy atom. The average Bonchev–Trinajstić information content (AvgIpc) is 3.41. The standard InChI is InChI=1S/C29H26N2O4S/c1-5-18-10-11-21-23(15-18)36-29(30-21)31-25(19-8-6-7-16(2)13-19)24(27(33)28(31)34)26(32)20-14-17(3)9-12-22(20)35-4/h6-15,25,32H,5H2,1-4H3/b26-24+. The van der Waals surface area contributed by atoms with Crippen molar-refractivity contribution < 1.29 is 19.4 Å². The van der Waals surface area contributed by atoms with Crippen molar-refractivity contribution in [3.63, 3.8) is 0 Å². The van der Waals surface area contributed by atoms with E-state index in [0.29, 0.717) is 16.4 Å². The van der Waals surface area contributed by atoms with Gasteiger partial charge < -0.3 is 9.84 Å². The molecule has 6 nitrogen and oxygen atoms in total. The van der Waals surface area contributed by atoms with Crippen LogP contribution < -0.4 is 9.64 Å². The first-order valence-electron chi connectivity index (χ1n) is 11.7. The molecule has 1 amide bonds. The van der Waals surface area contributed by atoms with Crippen molar-refractivity contribution >= 4 is 44.1 Å². The van der Waals surface area contributed by atoms with Gasteiger partial charge in [0.15, 0.2) is 5.13 Å². The Bertz CT molecular complexity index is 1550. The number of carbonyl (C=O) groups is 2. The highest BCUT2D eigenvalue weighted by atomic mass is 32.1. The van der Waals surface area contributed by atoms with Crippen LogP contribution in [0.15, 0.2) is 66.2 Å². The molecular weight excluding hydrogens is 472 g/mol. The van der Waals surface area contributed by atoms with Gasteiger partial charge in [0, 0.05) is 0 Å². The summed E-state index contributed by atoms with van der Waals surface area (Å²) in [5, 5.41) is 11.9. The number of ether oxygens (including phenoxy) is 1. The molecule has 36 heavy (non-hydrogen) atoms. The molecule has 1 unspecified atom stereocenters. The van der Waals surface area contributed by atoms with Gasteiger partial charge in [0.25, 0.3) is 5.78 Å². The van der Waals surface area contributed by atoms with Crippen LogP contribution in [0.3, 0.4) is 0 Å². The van der Waals surface area contributed by atoms with Gasteiger partial charge in [-0.25, -0.2) is 4.98 Å². The van der Waals surface area contributed by atoms with Crippen molar-refractivity contribution in [1.82, 2.24) is 4.98 Å². The molecule has 4 aromatic rings. The van der Waals surface area contributed by atoms with E-state index in [0.717, 1.165) is 33.3 Å². The second-order valence-corrected chi connectivity index (χ2v) is 9.95. The van der Waals surface area contributed by atoms with Crippen LogP contribution in [0.2, 0.25) is 0 Å². The third kappa shape index (κ3) is 3.95. The number of benzene rings is 3. The van der Waals surface area contributed by atoms with Crippen LogP contribution in [0.25, 0.3) is 16.0 Å². The number of fused-ring (bicyclic) bond motifs is 1. The number of Topliss-reactive ketones (excluding diaryl/α,β-unsaturated/α-hetero) is 1. The molecule has 2 heterocycles. The Hall–Kier alpha value is -3.97. The summed E-state index contributed by atoms with van der Waals surface area (Å²) in [6.45, 7) is 5.92. The molecule has 1 aliphatic heterocycles. The Labute approximate surface area is 213 Å². The van der Waals surface area contributed by atoms with Crippen LogP contribution in [0.4, 0.5) is 5.13 Å². The number of nitrogens with zero attached hydrogens (tertiary/aromatic N) is 2. The van der Waals surface area contributed by atoms with E-state index in [9.17, 15) is 14.7 Å². The smallest absolute Gasteiger partial charge is 0.301 e. The first kappa shape index (κ1) is 23.8. The number of amides is 1. The number of aryl methyl sites for hydroxylation is 3. The minimum absolute atomic E-state index is 0.0167. The van der Waals surface area contributed by atoms with Crippen molar-refractivity contribution in [2.24, 2.45) is 0 Å². The van der Waals surface area contributed by atoms with Gasteiger partial charge in [-0.3, -0.25) is 14.5 Å². The molecular formula is C29H26N2O4S. The van der Waals surface area contributed by atoms with Crippen molar-refractivity contribution in [3.05, 3.63) is 94.1 Å². The number of carbonyl (C=O) groups excluding carboxylic acids is 2. The summed E-state index contributed by atoms with van der Waals surface area (Å²) in [6.07, 6.45) is 0.884. The number of anilines is 1. The fraction of sp³-hybridized carbons (Fsp3) is 0.207. The van der Waals surface area contributed by atoms with Gasteiger partial charge in [0.05, 0.1) is 34.5 Å². The summed E-state index contributed by atoms with van der Waals surface area (Å²) < 4.78 is 6.40. The van der Waals surface area contributed by atoms with Crippen LogP contribution in [0.1, 0.15) is 40.8 Å². The maximum atomic E-state index is 13.5. The zero-order valence-corrected chi connectivity index (χ0v) is 21.3. The predicted molar refractivity (Wildman–Crippen MR) is 143 cm³/mol. The topological polar surface area (TPSA) is 79.7 Å². The molecule has 3 aromatic carbocycles. The molecule has 1 aromatic heterocycles. The normalized spacial score (nSPS) is 17.2. The van der Waals surface area contributed by atoms with Crippen LogP contribution in [-0.2, 0) is 16.0 Å². The molecule has 0 bridgehead atoms. The third-order valence-corrected chi connectivity index (χ3v) is 7.49. The minimum atomic E-state index is -0.832. The predicted octanol–water partition coefficient (Wildman–Crippen LogP) is 6.11. The third-order valence-electron chi connectivity index (χ3n) is 6.47. The molecule has 182 valence electrons. The summed E-state index contributed by atoms with van der Waals surface area (Å²) in [5.41, 5.74) is 4.89. The van der Waals surface area contributed by atoms with Gasteiger partial charge >= 0.3 is 5.91 Å². The van der Waals surface area contributed by atoms with Crippen molar-refractivity contribution in [2.75, 3.05) is 12.0 Å². The molecule has 5 rings (SSSR count). The van der Waals surface area contributed by atoms with Gasteiger partial charge in [-0.1, -0.05) is 65.8 Å². The van der Waals surface area contributed by atoms with Crippen LogP contribution >= 0.6 is 11.3 Å². The average molecular weight is 499 g/mol. The Morgan fingerprint density at radius 2 is 1.83 bits per heavy atom. The maximum Gasteiger partial charge on any atom is 0.301 e. The number of aliphatic hydroxyl groups is 1. The number of methoxy groups -OCH3 is 1. The van der Waals surface area contributed by atoms with Gasteiger partial charge in [-0.15, -0.1) is 0 Å². The molecule has 1 aliphatic rings. The molecule has 1 fully saturated rings. The molecule has 0 saturated carbocycles. The monoisotopic (exact) mass is 498 g/mol. The second-order valence-electron chi connectivity index (χ2n) is 8.94. The van der Waals surface area contributed by atoms with E-state index in [2.05, 4.69) is 13.0 Å². The van der Waals surface area contributed by atoms with E-state index in [4.69, 9.17) is 9.72 Å². The Balaban J connectivity index is 1.75. The summed E-state index contributed by atoms with van der Waals surface area (Å²) in [5.74, 6) is -1.32. The number of hydrogen-bond acceptors (Lipinski definition) is 6. The fourth-order valence-corrected chi connectivity index (χ4v) is 5.67. The second kappa shape index (κ2) is 9.24. The van der Waals surface area contributed by atoms with E-state index >= 15 is 0 Å². The lowest BCUT2D eigenvalue weighted by Crippen LogP contribution is -2.29. The van der Waals surface area contributed by atoms with E-state index in [1.54, 1.807) is 12.1 Å². The molecule has 1 atom stereocenters. The molecule has 0 aliphatic carbocycles. The van der Waals surface area contributed by atoms with Crippen molar-refractivity contribution in [3.8, 4) is 5.75 Å². The highest BCUT2D eigenvalue weighted by molar-refractivity contribution is 7.22. The first-order chi connectivity index (χ1) is 17.3. The number of thiazole rings is 1. The SMILES string of the molecule is CCc1ccc2nc(N3C(=O)C(=O)/C(=C(/O)c4cc(C)ccc4OC)C3c3cccc(C)c3)sc2c1. The Kier molecular flexibility index (Phi) is 6.10. The lowest BCUT2D eigenvalue weighted by Gasteiger charge is -2.23. The number of hydrogen-bond donors (Lipinski definition) is 1. The summed E-state index contributed by atoms with van der Waals surface area (Å²) in [7, 11) is 1.50. The highest BCUT2D eigenvalue weighted by Gasteiger charge is 2.48. The lowest BCUT2D eigenvalue weighted by molar-refractivity contribution is -0.132. The van der Waals surface area contributed by atoms with Gasteiger partial charge in [-0.2, -0.15) is 0 Å². The van der Waals surface area contributed by atoms with Gasteiger partial charge in [-0.05, 0) is 55.7 Å². The zero-order valence-electron chi connectivity index (χ0n) is 20.5. The van der Waals surface area contributed by atoms with Gasteiger partial charge in [0.1, 0.15) is 11.5 Å². The van der Waals surface area contributed by atoms with E-state index in [1.165, 1.54) is 28.9 Å². The minimum Gasteiger partial charge on any atom is -0.507 e.